The van der Waals surface area contributed by atoms with Crippen LogP contribution in [0.15, 0.2) is 47.5 Å². The zero-order chi connectivity index (χ0) is 19.9. The lowest BCUT2D eigenvalue weighted by Crippen LogP contribution is -2.43. The Balaban J connectivity index is 0.00000392. The third-order valence-electron chi connectivity index (χ3n) is 4.46. The van der Waals surface area contributed by atoms with Crippen molar-refractivity contribution < 1.29 is 13.9 Å². The zero-order valence-corrected chi connectivity index (χ0v) is 19.3. The number of rotatable bonds is 7. The molecular weight excluding hydrogens is 472 g/mol. The zero-order valence-electron chi connectivity index (χ0n) is 17.0. The van der Waals surface area contributed by atoms with Gasteiger partial charge in [0, 0.05) is 25.6 Å². The summed E-state index contributed by atoms with van der Waals surface area (Å²) in [5.41, 5.74) is 1.95. The highest BCUT2D eigenvalue weighted by molar-refractivity contribution is 14.0. The van der Waals surface area contributed by atoms with E-state index in [4.69, 9.17) is 9.47 Å². The first-order valence-corrected chi connectivity index (χ1v) is 8.81. The van der Waals surface area contributed by atoms with Crippen LogP contribution in [0, 0.1) is 5.82 Å². The highest BCUT2D eigenvalue weighted by Crippen LogP contribution is 2.32. The fourth-order valence-corrected chi connectivity index (χ4v) is 2.67. The Kier molecular flexibility index (Phi) is 9.51. The number of guanidine groups is 1. The number of nitrogens with zero attached hydrogens (tertiary/aromatic N) is 1. The second-order valence-corrected chi connectivity index (χ2v) is 6.86. The van der Waals surface area contributed by atoms with Crippen molar-refractivity contribution in [2.75, 3.05) is 27.8 Å². The predicted molar refractivity (Wildman–Crippen MR) is 123 cm³/mol. The Morgan fingerprint density at radius 1 is 1.00 bits per heavy atom. The first-order valence-electron chi connectivity index (χ1n) is 8.81. The molecule has 0 aliphatic heterocycles. The SMILES string of the molecule is CN=C(NCc1ccc(F)cc1)NCC(C)(C)c1ccc(OC)c(OC)c1.I. The van der Waals surface area contributed by atoms with Crippen LogP contribution in [-0.2, 0) is 12.0 Å². The monoisotopic (exact) mass is 501 g/mol. The molecule has 0 atom stereocenters. The van der Waals surface area contributed by atoms with E-state index >= 15 is 0 Å². The molecule has 0 aromatic heterocycles. The van der Waals surface area contributed by atoms with Crippen LogP contribution in [0.2, 0.25) is 0 Å². The molecule has 5 nitrogen and oxygen atoms in total. The minimum absolute atomic E-state index is 0. The molecule has 2 N–H and O–H groups in total. The van der Waals surface area contributed by atoms with Gasteiger partial charge in [-0.3, -0.25) is 4.99 Å². The summed E-state index contributed by atoms with van der Waals surface area (Å²) in [5, 5.41) is 6.59. The smallest absolute Gasteiger partial charge is 0.191 e. The first-order chi connectivity index (χ1) is 12.9. The lowest BCUT2D eigenvalue weighted by molar-refractivity contribution is 0.353. The molecule has 0 saturated heterocycles. The Hall–Kier alpha value is -2.03. The molecule has 2 aromatic carbocycles. The summed E-state index contributed by atoms with van der Waals surface area (Å²) in [6.45, 7) is 5.53. The summed E-state index contributed by atoms with van der Waals surface area (Å²) in [5.74, 6) is 1.87. The highest BCUT2D eigenvalue weighted by atomic mass is 127. The molecular formula is C21H29FIN3O2. The van der Waals surface area contributed by atoms with Gasteiger partial charge in [-0.05, 0) is 35.4 Å². The van der Waals surface area contributed by atoms with Crippen LogP contribution in [0.4, 0.5) is 4.39 Å². The number of halogens is 2. The van der Waals surface area contributed by atoms with Crippen LogP contribution in [0.1, 0.15) is 25.0 Å². The summed E-state index contributed by atoms with van der Waals surface area (Å²) in [7, 11) is 4.98. The molecule has 0 heterocycles. The molecule has 0 amide bonds. The fraction of sp³-hybridized carbons (Fsp3) is 0.381. The lowest BCUT2D eigenvalue weighted by atomic mass is 9.84. The van der Waals surface area contributed by atoms with Gasteiger partial charge < -0.3 is 20.1 Å². The highest BCUT2D eigenvalue weighted by Gasteiger charge is 2.22. The molecule has 0 bridgehead atoms. The Labute approximate surface area is 183 Å². The standard InChI is InChI=1S/C21H28FN3O2.HI/c1-21(2,16-8-11-18(26-4)19(12-16)27-5)14-25-20(23-3)24-13-15-6-9-17(22)10-7-15;/h6-12H,13-14H2,1-5H3,(H2,23,24,25);1H. The molecule has 0 fully saturated rings. The van der Waals surface area contributed by atoms with Crippen molar-refractivity contribution in [1.29, 1.82) is 0 Å². The first kappa shape index (κ1) is 24.0. The van der Waals surface area contributed by atoms with Crippen LogP contribution in [0.3, 0.4) is 0 Å². The Morgan fingerprint density at radius 2 is 1.64 bits per heavy atom. The molecule has 2 rings (SSSR count). The summed E-state index contributed by atoms with van der Waals surface area (Å²) < 4.78 is 23.7. The van der Waals surface area contributed by atoms with Crippen molar-refractivity contribution in [3.05, 3.63) is 59.4 Å². The van der Waals surface area contributed by atoms with Gasteiger partial charge in [-0.2, -0.15) is 0 Å². The van der Waals surface area contributed by atoms with Gasteiger partial charge in [-0.15, -0.1) is 24.0 Å². The van der Waals surface area contributed by atoms with Gasteiger partial charge in [0.25, 0.3) is 0 Å². The molecule has 7 heteroatoms. The van der Waals surface area contributed by atoms with E-state index in [1.54, 1.807) is 33.4 Å². The average molecular weight is 501 g/mol. The number of hydrogen-bond acceptors (Lipinski definition) is 3. The maximum absolute atomic E-state index is 13.0. The van der Waals surface area contributed by atoms with Crippen molar-refractivity contribution in [2.45, 2.75) is 25.8 Å². The largest absolute Gasteiger partial charge is 0.493 e. The van der Waals surface area contributed by atoms with E-state index in [0.717, 1.165) is 11.1 Å². The third-order valence-corrected chi connectivity index (χ3v) is 4.46. The molecule has 28 heavy (non-hydrogen) atoms. The van der Waals surface area contributed by atoms with Gasteiger partial charge in [0.15, 0.2) is 17.5 Å². The van der Waals surface area contributed by atoms with Crippen LogP contribution in [-0.4, -0.2) is 33.8 Å². The van der Waals surface area contributed by atoms with Crippen molar-refractivity contribution in [3.8, 4) is 11.5 Å². The number of nitrogens with one attached hydrogen (secondary N) is 2. The summed E-state index contributed by atoms with van der Waals surface area (Å²) >= 11 is 0. The number of hydrogen-bond donors (Lipinski definition) is 2. The lowest BCUT2D eigenvalue weighted by Gasteiger charge is -2.27. The van der Waals surface area contributed by atoms with E-state index < -0.39 is 0 Å². The molecule has 0 radical (unpaired) electrons. The number of methoxy groups -OCH3 is 2. The number of aliphatic imine (C=N–C) groups is 1. The minimum Gasteiger partial charge on any atom is -0.493 e. The van der Waals surface area contributed by atoms with E-state index in [9.17, 15) is 4.39 Å². The van der Waals surface area contributed by atoms with Crippen molar-refractivity contribution >= 4 is 29.9 Å². The molecule has 0 aliphatic carbocycles. The summed E-state index contributed by atoms with van der Waals surface area (Å²) in [4.78, 5) is 4.25. The quantitative estimate of drug-likeness (QED) is 0.341. The van der Waals surface area contributed by atoms with E-state index in [-0.39, 0.29) is 35.2 Å². The van der Waals surface area contributed by atoms with Crippen LogP contribution < -0.4 is 20.1 Å². The normalized spacial score (nSPS) is 11.4. The maximum Gasteiger partial charge on any atom is 0.191 e. The van der Waals surface area contributed by atoms with Crippen molar-refractivity contribution in [2.24, 2.45) is 4.99 Å². The van der Waals surface area contributed by atoms with Gasteiger partial charge in [0.1, 0.15) is 5.82 Å². The van der Waals surface area contributed by atoms with Gasteiger partial charge in [-0.25, -0.2) is 4.39 Å². The fourth-order valence-electron chi connectivity index (χ4n) is 2.67. The average Bonchev–Trinajstić information content (AvgIpc) is 2.68. The molecule has 0 aliphatic rings. The van der Waals surface area contributed by atoms with Gasteiger partial charge >= 0.3 is 0 Å². The van der Waals surface area contributed by atoms with Crippen LogP contribution in [0.25, 0.3) is 0 Å². The second kappa shape index (κ2) is 11.1. The summed E-state index contributed by atoms with van der Waals surface area (Å²) in [6.07, 6.45) is 0. The van der Waals surface area contributed by atoms with E-state index in [1.807, 2.05) is 18.2 Å². The Morgan fingerprint density at radius 3 is 2.21 bits per heavy atom. The topological polar surface area (TPSA) is 54.9 Å². The molecule has 0 unspecified atom stereocenters. The van der Waals surface area contributed by atoms with Gasteiger partial charge in [0.2, 0.25) is 0 Å². The van der Waals surface area contributed by atoms with Crippen molar-refractivity contribution in [3.63, 3.8) is 0 Å². The third kappa shape index (κ3) is 6.54. The number of benzene rings is 2. The molecule has 0 saturated carbocycles. The molecule has 154 valence electrons. The summed E-state index contributed by atoms with van der Waals surface area (Å²) in [6, 6.07) is 12.4. The molecule has 0 spiro atoms. The number of ether oxygens (including phenoxy) is 2. The Bertz CT molecular complexity index is 780. The van der Waals surface area contributed by atoms with E-state index in [2.05, 4.69) is 29.5 Å². The van der Waals surface area contributed by atoms with Crippen LogP contribution >= 0.6 is 24.0 Å². The van der Waals surface area contributed by atoms with Crippen molar-refractivity contribution in [1.82, 2.24) is 10.6 Å². The van der Waals surface area contributed by atoms with E-state index in [0.29, 0.717) is 30.5 Å². The van der Waals surface area contributed by atoms with E-state index in [1.165, 1.54) is 12.1 Å². The van der Waals surface area contributed by atoms with Gasteiger partial charge in [-0.1, -0.05) is 32.0 Å². The minimum atomic E-state index is -0.238. The maximum atomic E-state index is 13.0. The van der Waals surface area contributed by atoms with Gasteiger partial charge in [0.05, 0.1) is 14.2 Å². The van der Waals surface area contributed by atoms with Crippen LogP contribution in [0.5, 0.6) is 11.5 Å². The second-order valence-electron chi connectivity index (χ2n) is 6.86. The predicted octanol–water partition coefficient (Wildman–Crippen LogP) is 4.10. The molecule has 2 aromatic rings.